The first kappa shape index (κ1) is 32.9. The van der Waals surface area contributed by atoms with Crippen LogP contribution in [0, 0.1) is 0 Å². The van der Waals surface area contributed by atoms with Crippen molar-refractivity contribution in [2.75, 3.05) is 17.7 Å². The second-order valence-corrected chi connectivity index (χ2v) is 11.9. The third-order valence-electron chi connectivity index (χ3n) is 8.38. The van der Waals surface area contributed by atoms with Gasteiger partial charge >= 0.3 is 17.9 Å². The van der Waals surface area contributed by atoms with Gasteiger partial charge in [0, 0.05) is 5.69 Å². The van der Waals surface area contributed by atoms with Crippen LogP contribution < -0.4 is 11.1 Å². The molecule has 0 spiro atoms. The zero-order valence-electron chi connectivity index (χ0n) is 27.3. The number of anilines is 3. The smallest absolute Gasteiger partial charge is 0.338 e. The van der Waals surface area contributed by atoms with Crippen molar-refractivity contribution in [1.82, 2.24) is 19.5 Å². The summed E-state index contributed by atoms with van der Waals surface area (Å²) >= 11 is 0. The molecule has 13 nitrogen and oxygen atoms in total. The summed E-state index contributed by atoms with van der Waals surface area (Å²) in [6.07, 6.45) is -2.20. The number of hydrogen-bond acceptors (Lipinski definition) is 12. The number of para-hydroxylation sites is 1. The number of aromatic nitrogens is 4. The van der Waals surface area contributed by atoms with Gasteiger partial charge in [0.15, 0.2) is 34.9 Å². The maximum absolute atomic E-state index is 13.8. The van der Waals surface area contributed by atoms with E-state index in [1.165, 1.54) is 10.9 Å². The first-order chi connectivity index (χ1) is 24.8. The quantitative estimate of drug-likeness (QED) is 0.133. The van der Waals surface area contributed by atoms with E-state index in [0.29, 0.717) is 16.9 Å². The number of ether oxygens (including phenoxy) is 4. The van der Waals surface area contributed by atoms with Crippen molar-refractivity contribution in [2.45, 2.75) is 31.0 Å². The van der Waals surface area contributed by atoms with Crippen LogP contribution in [0.15, 0.2) is 128 Å². The average Bonchev–Trinajstić information content (AvgIpc) is 3.69. The predicted molar refractivity (Wildman–Crippen MR) is 186 cm³/mol. The lowest BCUT2D eigenvalue weighted by molar-refractivity contribution is -0.108. The molecule has 51 heavy (non-hydrogen) atoms. The van der Waals surface area contributed by atoms with Crippen molar-refractivity contribution in [3.63, 3.8) is 0 Å². The molecule has 2 aromatic heterocycles. The van der Waals surface area contributed by atoms with Gasteiger partial charge in [0.1, 0.15) is 12.7 Å². The molecule has 0 unspecified atom stereocenters. The summed E-state index contributed by atoms with van der Waals surface area (Å²) in [6.45, 7) is 1.22. The highest BCUT2D eigenvalue weighted by Gasteiger charge is 2.61. The highest BCUT2D eigenvalue weighted by atomic mass is 16.7. The van der Waals surface area contributed by atoms with Crippen LogP contribution in [0.2, 0.25) is 0 Å². The summed E-state index contributed by atoms with van der Waals surface area (Å²) in [5.74, 6) is -1.78. The number of rotatable bonds is 10. The first-order valence-electron chi connectivity index (χ1n) is 16.0. The molecular weight excluding hydrogens is 652 g/mol. The molecule has 1 saturated heterocycles. The molecule has 1 aliphatic heterocycles. The van der Waals surface area contributed by atoms with Gasteiger partial charge in [-0.1, -0.05) is 72.8 Å². The predicted octanol–water partition coefficient (Wildman–Crippen LogP) is 5.75. The Kier molecular flexibility index (Phi) is 9.10. The van der Waals surface area contributed by atoms with Crippen molar-refractivity contribution < 1.29 is 33.3 Å². The van der Waals surface area contributed by atoms with Crippen LogP contribution in [0.3, 0.4) is 0 Å². The summed E-state index contributed by atoms with van der Waals surface area (Å²) in [6, 6.07) is 34.5. The zero-order valence-corrected chi connectivity index (χ0v) is 27.3. The highest BCUT2D eigenvalue weighted by Crippen LogP contribution is 2.45. The summed E-state index contributed by atoms with van der Waals surface area (Å²) in [5, 5.41) is 3.22. The van der Waals surface area contributed by atoms with E-state index in [9.17, 15) is 14.4 Å². The van der Waals surface area contributed by atoms with E-state index >= 15 is 0 Å². The molecule has 13 heteroatoms. The van der Waals surface area contributed by atoms with Gasteiger partial charge in [-0.15, -0.1) is 0 Å². The maximum Gasteiger partial charge on any atom is 0.338 e. The van der Waals surface area contributed by atoms with Gasteiger partial charge in [-0.3, -0.25) is 4.57 Å². The second-order valence-electron chi connectivity index (χ2n) is 11.9. The highest BCUT2D eigenvalue weighted by molar-refractivity contribution is 5.91. The van der Waals surface area contributed by atoms with Crippen molar-refractivity contribution >= 4 is 46.5 Å². The van der Waals surface area contributed by atoms with Gasteiger partial charge in [-0.25, -0.2) is 19.4 Å². The van der Waals surface area contributed by atoms with E-state index in [1.807, 2.05) is 30.3 Å². The Morgan fingerprint density at radius 2 is 1.33 bits per heavy atom. The normalized spacial score (nSPS) is 19.7. The molecule has 3 N–H and O–H groups in total. The van der Waals surface area contributed by atoms with Gasteiger partial charge < -0.3 is 30.0 Å². The molecule has 4 aromatic carbocycles. The van der Waals surface area contributed by atoms with Crippen molar-refractivity contribution in [3.8, 4) is 0 Å². The maximum atomic E-state index is 13.8. The average molecular weight is 685 g/mol. The lowest BCUT2D eigenvalue weighted by atomic mass is 9.95. The third-order valence-corrected chi connectivity index (χ3v) is 8.38. The first-order valence-corrected chi connectivity index (χ1v) is 16.0. The van der Waals surface area contributed by atoms with E-state index in [1.54, 1.807) is 97.9 Å². The molecule has 0 amide bonds. The minimum Gasteiger partial charge on any atom is -0.459 e. The molecule has 4 atom stereocenters. The topological polar surface area (TPSA) is 170 Å². The van der Waals surface area contributed by atoms with Crippen LogP contribution in [0.5, 0.6) is 0 Å². The fourth-order valence-electron chi connectivity index (χ4n) is 5.91. The molecule has 6 aromatic rings. The van der Waals surface area contributed by atoms with Crippen molar-refractivity contribution in [1.29, 1.82) is 0 Å². The monoisotopic (exact) mass is 684 g/mol. The van der Waals surface area contributed by atoms with Crippen LogP contribution in [-0.2, 0) is 18.9 Å². The number of nitrogen functional groups attached to an aromatic ring is 1. The number of imidazole rings is 1. The number of fused-ring (bicyclic) bond motifs is 1. The second kappa shape index (κ2) is 14.1. The molecular formula is C38H32N6O7. The Morgan fingerprint density at radius 1 is 0.784 bits per heavy atom. The number of hydrogen-bond donors (Lipinski definition) is 2. The summed E-state index contributed by atoms with van der Waals surface area (Å²) in [4.78, 5) is 53.9. The molecule has 0 aliphatic carbocycles. The van der Waals surface area contributed by atoms with E-state index in [4.69, 9.17) is 24.7 Å². The van der Waals surface area contributed by atoms with Crippen LogP contribution in [0.25, 0.3) is 11.2 Å². The molecule has 3 heterocycles. The molecule has 1 aliphatic rings. The Bertz CT molecular complexity index is 2170. The number of nitrogens with one attached hydrogen (secondary N) is 1. The number of carbonyl (C=O) groups is 3. The van der Waals surface area contributed by atoms with Crippen molar-refractivity contribution in [2.24, 2.45) is 0 Å². The molecule has 1 fully saturated rings. The third kappa shape index (κ3) is 6.82. The molecule has 256 valence electrons. The van der Waals surface area contributed by atoms with Crippen LogP contribution in [0.4, 0.5) is 17.5 Å². The fraction of sp³-hybridized carbons (Fsp3) is 0.158. The summed E-state index contributed by atoms with van der Waals surface area (Å²) < 4.78 is 26.2. The Labute approximate surface area is 292 Å². The van der Waals surface area contributed by atoms with E-state index in [0.717, 1.165) is 5.69 Å². The van der Waals surface area contributed by atoms with Gasteiger partial charge in [-0.2, -0.15) is 9.97 Å². The van der Waals surface area contributed by atoms with Gasteiger partial charge in [0.25, 0.3) is 0 Å². The molecule has 7 rings (SSSR count). The summed E-state index contributed by atoms with van der Waals surface area (Å²) in [5.41, 5.74) is 6.58. The Balaban J connectivity index is 1.31. The molecule has 0 bridgehead atoms. The zero-order chi connectivity index (χ0) is 35.4. The Morgan fingerprint density at radius 3 is 1.94 bits per heavy atom. The fourth-order valence-corrected chi connectivity index (χ4v) is 5.91. The largest absolute Gasteiger partial charge is 0.459 e. The minimum atomic E-state index is -1.75. The number of nitrogens with two attached hydrogens (primary N) is 1. The van der Waals surface area contributed by atoms with Gasteiger partial charge in [-0.05, 0) is 55.5 Å². The van der Waals surface area contributed by atoms with E-state index < -0.39 is 41.9 Å². The van der Waals surface area contributed by atoms with Gasteiger partial charge in [0.05, 0.1) is 23.0 Å². The van der Waals surface area contributed by atoms with Crippen LogP contribution >= 0.6 is 0 Å². The van der Waals surface area contributed by atoms with Crippen molar-refractivity contribution in [3.05, 3.63) is 144 Å². The van der Waals surface area contributed by atoms with Crippen LogP contribution in [-0.4, -0.2) is 61.8 Å². The Hall–Kier alpha value is -6.60. The molecule has 0 radical (unpaired) electrons. The standard InChI is InChI=1S/C38H32N6O7/c1-38(51-35(47)26-18-10-4-11-19-26)30(50-34(46)25-16-8-3-9-17-25)28(22-48-33(45)24-14-6-2-7-15-24)49-36(38)44-23-40-29-31(42-37(39)43-32(29)44)41-27-20-12-5-13-21-27/h2-21,23,28,30,36H,22H2,1H3,(H3,39,41,42,43)/t28-,30-,36-,38-/m1/s1. The van der Waals surface area contributed by atoms with E-state index in [-0.39, 0.29) is 29.3 Å². The lowest BCUT2D eigenvalue weighted by Gasteiger charge is -2.34. The number of carbonyl (C=O) groups excluding carboxylic acids is 3. The van der Waals surface area contributed by atoms with E-state index in [2.05, 4.69) is 20.3 Å². The number of nitrogens with zero attached hydrogens (tertiary/aromatic N) is 4. The molecule has 0 saturated carbocycles. The number of esters is 3. The van der Waals surface area contributed by atoms with Crippen LogP contribution in [0.1, 0.15) is 44.2 Å². The minimum absolute atomic E-state index is 0.0657. The SMILES string of the molecule is C[C@@]1(OC(=O)c2ccccc2)[C@H](OC(=O)c2ccccc2)[C@@H](COC(=O)c2ccccc2)O[C@H]1n1cnc2c(Nc3ccccc3)nc(N)nc21. The summed E-state index contributed by atoms with van der Waals surface area (Å²) in [7, 11) is 0. The lowest BCUT2D eigenvalue weighted by Crippen LogP contribution is -2.50. The van der Waals surface area contributed by atoms with Gasteiger partial charge in [0.2, 0.25) is 5.95 Å². The number of benzene rings is 4.